The van der Waals surface area contributed by atoms with Gasteiger partial charge >= 0.3 is 0 Å². The van der Waals surface area contributed by atoms with E-state index in [0.29, 0.717) is 45.6 Å². The van der Waals surface area contributed by atoms with Gasteiger partial charge in [0.2, 0.25) is 0 Å². The van der Waals surface area contributed by atoms with Crippen molar-refractivity contribution in [2.24, 2.45) is 0 Å². The van der Waals surface area contributed by atoms with Gasteiger partial charge in [0.25, 0.3) is 0 Å². The van der Waals surface area contributed by atoms with Gasteiger partial charge in [0.05, 0.1) is 94.1 Å². The number of rotatable bonds is 13. The lowest BCUT2D eigenvalue weighted by atomic mass is 9.92. The van der Waals surface area contributed by atoms with E-state index in [-0.39, 0.29) is 0 Å². The van der Waals surface area contributed by atoms with Crippen molar-refractivity contribution in [3.63, 3.8) is 0 Å². The molecule has 0 bridgehead atoms. The lowest BCUT2D eigenvalue weighted by Gasteiger charge is -2.21. The zero-order chi connectivity index (χ0) is 90.0. The number of nitriles is 2. The fraction of sp³-hybridized carbons (Fsp3) is 0. The van der Waals surface area contributed by atoms with Crippen LogP contribution in [0.1, 0.15) is 11.1 Å². The predicted molar refractivity (Wildman–Crippen MR) is 554 cm³/mol. The van der Waals surface area contributed by atoms with Crippen molar-refractivity contribution < 1.29 is 8.83 Å². The molecule has 632 valence electrons. The quantitative estimate of drug-likeness (QED) is 0.111. The first-order valence-corrected chi connectivity index (χ1v) is 45.5. The van der Waals surface area contributed by atoms with Crippen molar-refractivity contribution in [1.29, 1.82) is 10.5 Å². The van der Waals surface area contributed by atoms with Gasteiger partial charge in [-0.1, -0.05) is 322 Å². The average Bonchev–Trinajstić information content (AvgIpc) is 1.54. The minimum absolute atomic E-state index is 0.430. The maximum Gasteiger partial charge on any atom is 0.160 e. The molecule has 0 N–H and O–H groups in total. The number of hydrogen-bond acceptors (Lipinski definition) is 8. The van der Waals surface area contributed by atoms with Crippen LogP contribution in [0, 0.1) is 22.7 Å². The third-order valence-corrected chi connectivity index (χ3v) is 26.7. The molecule has 8 aromatic heterocycles. The average molecular weight is 1740 g/mol. The monoisotopic (exact) mass is 1730 g/mol. The fourth-order valence-electron chi connectivity index (χ4n) is 20.8. The van der Waals surface area contributed by atoms with Crippen molar-refractivity contribution in [1.82, 2.24) is 38.2 Å². The van der Waals surface area contributed by atoms with E-state index in [1.54, 1.807) is 0 Å². The zero-order valence-corrected chi connectivity index (χ0v) is 73.0. The zero-order valence-electron chi connectivity index (χ0n) is 73.0. The molecule has 0 unspecified atom stereocenters. The van der Waals surface area contributed by atoms with E-state index in [9.17, 15) is 10.5 Å². The second-order valence-corrected chi connectivity index (χ2v) is 34.3. The largest absolute Gasteiger partial charge is 0.455 e. The van der Waals surface area contributed by atoms with E-state index in [2.05, 4.69) is 352 Å². The van der Waals surface area contributed by atoms with E-state index in [0.717, 1.165) is 221 Å². The van der Waals surface area contributed by atoms with Crippen LogP contribution in [0.3, 0.4) is 0 Å². The maximum absolute atomic E-state index is 10.8. The van der Waals surface area contributed by atoms with Crippen molar-refractivity contribution in [3.8, 4) is 136 Å². The van der Waals surface area contributed by atoms with Crippen LogP contribution in [0.15, 0.2) is 458 Å². The van der Waals surface area contributed by atoms with Crippen LogP contribution < -0.4 is 0 Å². The molecule has 0 radical (unpaired) electrons. The highest BCUT2D eigenvalue weighted by Crippen LogP contribution is 2.51. The summed E-state index contributed by atoms with van der Waals surface area (Å²) in [5.41, 5.74) is 30.7. The van der Waals surface area contributed by atoms with E-state index in [1.165, 1.54) is 0 Å². The van der Waals surface area contributed by atoms with Crippen LogP contribution >= 0.6 is 0 Å². The van der Waals surface area contributed by atoms with E-state index >= 15 is 0 Å². The lowest BCUT2D eigenvalue weighted by molar-refractivity contribution is 0.676. The van der Waals surface area contributed by atoms with Crippen LogP contribution in [0.2, 0.25) is 0 Å². The maximum atomic E-state index is 10.8. The van der Waals surface area contributed by atoms with Gasteiger partial charge in [-0.25, -0.2) is 19.9 Å². The summed E-state index contributed by atoms with van der Waals surface area (Å²) in [4.78, 5) is 21.0. The summed E-state index contributed by atoms with van der Waals surface area (Å²) in [6, 6.07) is 161. The molecular weight excluding hydrogens is 1660 g/mol. The minimum Gasteiger partial charge on any atom is -0.455 e. The number of para-hydroxylation sites is 6. The second kappa shape index (κ2) is 32.1. The number of nitrogens with zero attached hydrogens (tertiary/aromatic N) is 10. The Hall–Kier alpha value is -18.9. The molecule has 0 aliphatic carbocycles. The van der Waals surface area contributed by atoms with Crippen molar-refractivity contribution in [3.05, 3.63) is 460 Å². The van der Waals surface area contributed by atoms with Gasteiger partial charge in [-0.15, -0.1) is 0 Å². The summed E-state index contributed by atoms with van der Waals surface area (Å²) < 4.78 is 24.0. The van der Waals surface area contributed by atoms with Crippen LogP contribution in [-0.4, -0.2) is 38.2 Å². The highest BCUT2D eigenvalue weighted by Gasteiger charge is 2.31. The Morgan fingerprint density at radius 1 is 0.191 bits per heavy atom. The highest BCUT2D eigenvalue weighted by molar-refractivity contribution is 6.31. The Bertz CT molecular complexity index is 9410. The summed E-state index contributed by atoms with van der Waals surface area (Å²) >= 11 is 0. The Morgan fingerprint density at radius 3 is 0.757 bits per heavy atom. The van der Waals surface area contributed by atoms with Gasteiger partial charge in [-0.3, -0.25) is 0 Å². The Balaban J connectivity index is 0.000000142. The van der Waals surface area contributed by atoms with Crippen LogP contribution in [0.4, 0.5) is 0 Å². The molecule has 0 atom stereocenters. The molecule has 19 aromatic carbocycles. The second-order valence-electron chi connectivity index (χ2n) is 34.3. The number of benzene rings is 19. The molecule has 0 spiro atoms. The Kier molecular flexibility index (Phi) is 18.4. The summed E-state index contributed by atoms with van der Waals surface area (Å²) in [6.45, 7) is 0. The molecule has 27 rings (SSSR count). The highest BCUT2D eigenvalue weighted by atomic mass is 16.3. The SMILES string of the molecule is N#Cc1c(-c2ccccc2)nc(-c2cc(-c3ccccc3)c(-n3c4ccccc4c4c5oc6c(ccc7c6c6ccccc6n7-c6ccccc6)c5ccc43)c(-c3ccccc3)c2)nc1-c1ccccc1.N#Cc1c(-c2ccccc2)nc(-c2cc(-c3ccccc3)cc(-n3c4ccccc4c4c5oc6c(ccc7c6c6ccccc6n7-c6ccccc6)c5ccc43)c2)nc1-c1ccccc1. The minimum atomic E-state index is 0.430. The van der Waals surface area contributed by atoms with Crippen molar-refractivity contribution >= 4 is 131 Å². The van der Waals surface area contributed by atoms with Crippen LogP contribution in [-0.2, 0) is 0 Å². The summed E-state index contributed by atoms with van der Waals surface area (Å²) in [5, 5.41) is 34.5. The number of fused-ring (bicyclic) bond motifs is 22. The van der Waals surface area contributed by atoms with Gasteiger partial charge < -0.3 is 27.1 Å². The lowest BCUT2D eigenvalue weighted by Crippen LogP contribution is -2.04. The molecule has 8 heterocycles. The van der Waals surface area contributed by atoms with E-state index in [4.69, 9.17) is 28.8 Å². The van der Waals surface area contributed by atoms with Gasteiger partial charge in [-0.05, 0) is 150 Å². The van der Waals surface area contributed by atoms with Crippen LogP contribution in [0.5, 0.6) is 0 Å². The molecule has 136 heavy (non-hydrogen) atoms. The molecule has 0 saturated heterocycles. The first kappa shape index (κ1) is 78.2. The third-order valence-electron chi connectivity index (χ3n) is 26.7. The summed E-state index contributed by atoms with van der Waals surface area (Å²) in [6.07, 6.45) is 0. The first-order valence-electron chi connectivity index (χ1n) is 45.5. The summed E-state index contributed by atoms with van der Waals surface area (Å²) in [7, 11) is 0. The third kappa shape index (κ3) is 12.6. The van der Waals surface area contributed by atoms with Crippen molar-refractivity contribution in [2.75, 3.05) is 0 Å². The topological polar surface area (TPSA) is 145 Å². The van der Waals surface area contributed by atoms with E-state index in [1.807, 2.05) is 127 Å². The molecule has 27 aromatic rings. The summed E-state index contributed by atoms with van der Waals surface area (Å²) in [5.74, 6) is 1.05. The number of furan rings is 2. The molecule has 12 nitrogen and oxygen atoms in total. The van der Waals surface area contributed by atoms with Crippen molar-refractivity contribution in [2.45, 2.75) is 0 Å². The first-order chi connectivity index (χ1) is 67.4. The molecule has 0 fully saturated rings. The molecule has 0 saturated carbocycles. The van der Waals surface area contributed by atoms with Crippen LogP contribution in [0.25, 0.3) is 255 Å². The number of hydrogen-bond donors (Lipinski definition) is 0. The van der Waals surface area contributed by atoms with Gasteiger partial charge in [0.1, 0.15) is 45.6 Å². The predicted octanol–water partition coefficient (Wildman–Crippen LogP) is 31.9. The van der Waals surface area contributed by atoms with Gasteiger partial charge in [0.15, 0.2) is 11.6 Å². The molecule has 0 aliphatic rings. The fourth-order valence-corrected chi connectivity index (χ4v) is 20.8. The van der Waals surface area contributed by atoms with E-state index < -0.39 is 0 Å². The van der Waals surface area contributed by atoms with Gasteiger partial charge in [0, 0.05) is 105 Å². The molecule has 0 amide bonds. The normalized spacial score (nSPS) is 11.7. The molecule has 0 aliphatic heterocycles. The van der Waals surface area contributed by atoms with Gasteiger partial charge in [-0.2, -0.15) is 10.5 Å². The Labute approximate surface area is 779 Å². The Morgan fingerprint density at radius 2 is 0.441 bits per heavy atom. The molecular formula is C124H74N10O2. The molecule has 12 heteroatoms. The standard InChI is InChI=1S/C65H39N5O.C59H35N5O/c66-40-53-60(43-24-10-3-11-25-43)67-65(68-61(53)44-26-12-4-13-27-44)45-38-51(41-20-6-1-7-21-41)62(52(39-45)42-22-8-2-9-23-42)70-55-33-19-17-31-50(55)59-57(70)37-35-48-47-34-36-56-58(63(47)71-64(48)59)49-30-16-18-32-54(49)69(56)46-28-14-5-15-29-46;60-36-48-55(38-19-7-2-8-20-38)61-59(62-56(48)39-21-9-3-10-22-39)41-33-40(37-17-5-1-6-18-37)34-43(35-41)64-50-28-16-14-26-47(50)54-52(64)32-30-45-44-29-31-51-53(57(44)65-58(45)54)46-25-13-15-27-49(46)63(51)42-23-11-4-12-24-42/h1-39H;1-35H. The smallest absolute Gasteiger partial charge is 0.160 e. The number of aromatic nitrogens is 8.